The Balaban J connectivity index is 1.99. The van der Waals surface area contributed by atoms with Gasteiger partial charge in [0.05, 0.1) is 19.6 Å². The van der Waals surface area contributed by atoms with Crippen LogP contribution in [-0.2, 0) is 11.1 Å². The Bertz CT molecular complexity index is 1370. The lowest BCUT2D eigenvalue weighted by atomic mass is 9.86. The predicted molar refractivity (Wildman–Crippen MR) is 138 cm³/mol. The lowest BCUT2D eigenvalue weighted by Gasteiger charge is -2.34. The minimum atomic E-state index is -2.04. The van der Waals surface area contributed by atoms with E-state index in [2.05, 4.69) is 20.8 Å². The van der Waals surface area contributed by atoms with Crippen LogP contribution in [0.3, 0.4) is 0 Å². The Morgan fingerprint density at radius 1 is 1.03 bits per heavy atom. The molecule has 2 heterocycles. The van der Waals surface area contributed by atoms with Crippen LogP contribution >= 0.6 is 0 Å². The van der Waals surface area contributed by atoms with Gasteiger partial charge in [0.15, 0.2) is 11.5 Å². The first kappa shape index (κ1) is 25.7. The molecule has 1 N–H and O–H groups in total. The molecule has 4 rings (SSSR count). The van der Waals surface area contributed by atoms with Gasteiger partial charge in [-0.15, -0.1) is 0 Å². The largest absolute Gasteiger partial charge is 0.493 e. The second-order valence-electron chi connectivity index (χ2n) is 10.5. The fourth-order valence-corrected chi connectivity index (χ4v) is 4.70. The topological polar surface area (TPSA) is 92.5 Å². The molecular weight excluding hydrogens is 460 g/mol. The summed E-state index contributed by atoms with van der Waals surface area (Å²) < 4.78 is 16.8. The number of carbonyl (C=O) groups is 1. The maximum absolute atomic E-state index is 14.0. The average molecular weight is 495 g/mol. The molecule has 0 saturated carbocycles. The van der Waals surface area contributed by atoms with Crippen molar-refractivity contribution in [3.63, 3.8) is 0 Å². The zero-order valence-electron chi connectivity index (χ0n) is 22.0. The molecule has 0 saturated heterocycles. The van der Waals surface area contributed by atoms with Gasteiger partial charge in [-0.2, -0.15) is 0 Å². The first-order valence-corrected chi connectivity index (χ1v) is 12.0. The van der Waals surface area contributed by atoms with Gasteiger partial charge < -0.3 is 23.9 Å². The summed E-state index contributed by atoms with van der Waals surface area (Å²) in [4.78, 5) is 30.9. The van der Waals surface area contributed by atoms with E-state index in [0.29, 0.717) is 41.0 Å². The summed E-state index contributed by atoms with van der Waals surface area (Å²) in [6, 6.07) is 10.3. The Labute approximate surface area is 211 Å². The highest BCUT2D eigenvalue weighted by atomic mass is 16.5. The van der Waals surface area contributed by atoms with Gasteiger partial charge in [-0.05, 0) is 68.4 Å². The SMILES string of the molecule is COc1ccc(C2(O)c3c(oc4ccc(C(C)(C)C)cc4c3=O)C(=O)N2CCCN(C)C)cc1OC. The van der Waals surface area contributed by atoms with E-state index < -0.39 is 17.1 Å². The zero-order valence-corrected chi connectivity index (χ0v) is 22.0. The molecule has 0 radical (unpaired) electrons. The van der Waals surface area contributed by atoms with Gasteiger partial charge in [0.1, 0.15) is 11.1 Å². The Morgan fingerprint density at radius 2 is 1.72 bits per heavy atom. The van der Waals surface area contributed by atoms with Crippen LogP contribution in [0.15, 0.2) is 45.6 Å². The number of rotatable bonds is 7. The molecule has 1 atom stereocenters. The number of carbonyl (C=O) groups excluding carboxylic acids is 1. The zero-order chi connectivity index (χ0) is 26.4. The Morgan fingerprint density at radius 3 is 2.33 bits per heavy atom. The van der Waals surface area contributed by atoms with Crippen molar-refractivity contribution in [2.24, 2.45) is 0 Å². The molecular formula is C28H34N2O6. The summed E-state index contributed by atoms with van der Waals surface area (Å²) in [6.45, 7) is 7.08. The van der Waals surface area contributed by atoms with Gasteiger partial charge in [0.2, 0.25) is 16.9 Å². The van der Waals surface area contributed by atoms with E-state index in [1.165, 1.54) is 19.1 Å². The summed E-state index contributed by atoms with van der Waals surface area (Å²) in [5.74, 6) is 0.171. The first-order chi connectivity index (χ1) is 16.9. The smallest absolute Gasteiger partial charge is 0.293 e. The third kappa shape index (κ3) is 4.14. The monoisotopic (exact) mass is 494 g/mol. The van der Waals surface area contributed by atoms with Gasteiger partial charge in [-0.3, -0.25) is 14.5 Å². The maximum Gasteiger partial charge on any atom is 0.293 e. The van der Waals surface area contributed by atoms with Gasteiger partial charge in [-0.1, -0.05) is 26.8 Å². The van der Waals surface area contributed by atoms with Crippen LogP contribution in [0.4, 0.5) is 0 Å². The number of aliphatic hydroxyl groups is 1. The predicted octanol–water partition coefficient (Wildman–Crippen LogP) is 3.71. The molecule has 8 nitrogen and oxygen atoms in total. The van der Waals surface area contributed by atoms with Crippen molar-refractivity contribution in [2.75, 3.05) is 41.4 Å². The Kier molecular flexibility index (Phi) is 6.62. The second-order valence-corrected chi connectivity index (χ2v) is 10.5. The van der Waals surface area contributed by atoms with E-state index in [4.69, 9.17) is 13.9 Å². The minimum Gasteiger partial charge on any atom is -0.493 e. The van der Waals surface area contributed by atoms with E-state index in [-0.39, 0.29) is 23.3 Å². The molecule has 1 aliphatic rings. The van der Waals surface area contributed by atoms with Crippen LogP contribution in [0.1, 0.15) is 54.4 Å². The van der Waals surface area contributed by atoms with Crippen molar-refractivity contribution in [3.8, 4) is 11.5 Å². The van der Waals surface area contributed by atoms with Crippen molar-refractivity contribution in [1.29, 1.82) is 0 Å². The highest BCUT2D eigenvalue weighted by molar-refractivity contribution is 5.99. The summed E-state index contributed by atoms with van der Waals surface area (Å²) in [7, 11) is 6.88. The van der Waals surface area contributed by atoms with Gasteiger partial charge >= 0.3 is 0 Å². The summed E-state index contributed by atoms with van der Waals surface area (Å²) >= 11 is 0. The molecule has 0 bridgehead atoms. The highest BCUT2D eigenvalue weighted by Crippen LogP contribution is 2.44. The van der Waals surface area contributed by atoms with Gasteiger partial charge in [0.25, 0.3) is 5.91 Å². The number of amides is 1. The number of methoxy groups -OCH3 is 2. The van der Waals surface area contributed by atoms with Crippen molar-refractivity contribution >= 4 is 16.9 Å². The standard InChI is InChI=1S/C28H34N2O6/c1-27(2,3)17-9-11-20-19(15-17)24(31)23-25(36-20)26(32)30(14-8-13-29(4)5)28(23,33)18-10-12-21(34-6)22(16-18)35-7/h9-12,15-16,33H,8,13-14H2,1-7H3. The van der Waals surface area contributed by atoms with E-state index in [9.17, 15) is 14.7 Å². The fraction of sp³-hybridized carbons (Fsp3) is 0.429. The molecule has 1 amide bonds. The van der Waals surface area contributed by atoms with Crippen molar-refractivity contribution < 1.29 is 23.8 Å². The lowest BCUT2D eigenvalue weighted by molar-refractivity contribution is -0.0514. The molecule has 1 unspecified atom stereocenters. The fourth-order valence-electron chi connectivity index (χ4n) is 4.70. The molecule has 0 aliphatic carbocycles. The van der Waals surface area contributed by atoms with Crippen LogP contribution in [0.25, 0.3) is 11.0 Å². The third-order valence-corrected chi connectivity index (χ3v) is 6.71. The van der Waals surface area contributed by atoms with E-state index in [1.807, 2.05) is 25.1 Å². The summed E-state index contributed by atoms with van der Waals surface area (Å²) in [5, 5.41) is 12.6. The average Bonchev–Trinajstić information content (AvgIpc) is 3.05. The lowest BCUT2D eigenvalue weighted by Crippen LogP contribution is -2.47. The van der Waals surface area contributed by atoms with E-state index in [1.54, 1.807) is 30.3 Å². The van der Waals surface area contributed by atoms with Crippen LogP contribution in [0.5, 0.6) is 11.5 Å². The molecule has 192 valence electrons. The van der Waals surface area contributed by atoms with Gasteiger partial charge in [-0.25, -0.2) is 0 Å². The minimum absolute atomic E-state index is 0.0804. The summed E-state index contributed by atoms with van der Waals surface area (Å²) in [5.41, 5.74) is -1.18. The van der Waals surface area contributed by atoms with Crippen molar-refractivity contribution in [2.45, 2.75) is 38.3 Å². The number of hydrogen-bond donors (Lipinski definition) is 1. The quantitative estimate of drug-likeness (QED) is 0.535. The summed E-state index contributed by atoms with van der Waals surface area (Å²) in [6.07, 6.45) is 0.588. The van der Waals surface area contributed by atoms with E-state index >= 15 is 0 Å². The van der Waals surface area contributed by atoms with Crippen molar-refractivity contribution in [3.05, 3.63) is 69.1 Å². The second kappa shape index (κ2) is 9.26. The van der Waals surface area contributed by atoms with E-state index in [0.717, 1.165) is 5.56 Å². The normalized spacial score (nSPS) is 17.7. The molecule has 1 aliphatic heterocycles. The van der Waals surface area contributed by atoms with Crippen molar-refractivity contribution in [1.82, 2.24) is 9.80 Å². The molecule has 0 spiro atoms. The molecule has 0 fully saturated rings. The van der Waals surface area contributed by atoms with Crippen LogP contribution in [0, 0.1) is 0 Å². The highest BCUT2D eigenvalue weighted by Gasteiger charge is 2.54. The van der Waals surface area contributed by atoms with Crippen LogP contribution < -0.4 is 14.9 Å². The number of hydrogen-bond acceptors (Lipinski definition) is 7. The number of benzene rings is 2. The van der Waals surface area contributed by atoms with Gasteiger partial charge in [0, 0.05) is 12.1 Å². The third-order valence-electron chi connectivity index (χ3n) is 6.71. The molecule has 2 aromatic carbocycles. The number of ether oxygens (including phenoxy) is 2. The molecule has 36 heavy (non-hydrogen) atoms. The number of nitrogens with zero attached hydrogens (tertiary/aromatic N) is 2. The van der Waals surface area contributed by atoms with Crippen LogP contribution in [0.2, 0.25) is 0 Å². The number of fused-ring (bicyclic) bond motifs is 2. The maximum atomic E-state index is 14.0. The molecule has 3 aromatic rings. The first-order valence-electron chi connectivity index (χ1n) is 12.0. The Hall–Kier alpha value is -3.36. The van der Waals surface area contributed by atoms with Crippen LogP contribution in [-0.4, -0.2) is 62.2 Å². The molecule has 1 aromatic heterocycles. The molecule has 8 heteroatoms.